The lowest BCUT2D eigenvalue weighted by molar-refractivity contribution is 0.0941. The molecule has 0 N–H and O–H groups in total. The molecule has 4 heteroatoms. The minimum atomic E-state index is -1.86. The van der Waals surface area contributed by atoms with Crippen LogP contribution in [0.15, 0.2) is 63.8 Å². The summed E-state index contributed by atoms with van der Waals surface area (Å²) in [5.41, 5.74) is 1.83. The van der Waals surface area contributed by atoms with Gasteiger partial charge < -0.3 is 9.15 Å². The third-order valence-electron chi connectivity index (χ3n) is 3.97. The fourth-order valence-electron chi connectivity index (χ4n) is 2.88. The summed E-state index contributed by atoms with van der Waals surface area (Å²) in [7, 11) is -1.86. The highest BCUT2D eigenvalue weighted by Crippen LogP contribution is 2.15. The Morgan fingerprint density at radius 2 is 1.58 bits per heavy atom. The van der Waals surface area contributed by atoms with Crippen LogP contribution in [0.3, 0.4) is 0 Å². The lowest BCUT2D eigenvalue weighted by Gasteiger charge is -2.19. The third-order valence-corrected chi connectivity index (χ3v) is 5.97. The molecule has 0 unspecified atom stereocenters. The number of benzene rings is 2. The Morgan fingerprint density at radius 1 is 0.917 bits per heavy atom. The predicted octanol–water partition coefficient (Wildman–Crippen LogP) is 4.06. The van der Waals surface area contributed by atoms with Crippen molar-refractivity contribution in [3.63, 3.8) is 0 Å². The topological polar surface area (TPSA) is 39.4 Å². The molecule has 3 rings (SSSR count). The van der Waals surface area contributed by atoms with Crippen molar-refractivity contribution in [3.8, 4) is 0 Å². The molecule has 0 aliphatic heterocycles. The number of rotatable bonds is 5. The number of ether oxygens (including phenoxy) is 1. The van der Waals surface area contributed by atoms with Crippen LogP contribution < -0.4 is 10.6 Å². The van der Waals surface area contributed by atoms with Crippen molar-refractivity contribution in [3.05, 3.63) is 76.1 Å². The highest BCUT2D eigenvalue weighted by atomic mass is 28.3. The van der Waals surface area contributed by atoms with Crippen LogP contribution in [0.4, 0.5) is 0 Å². The molecule has 24 heavy (non-hydrogen) atoms. The summed E-state index contributed by atoms with van der Waals surface area (Å²) >= 11 is 0. The molecule has 2 aromatic carbocycles. The molecule has 0 bridgehead atoms. The van der Waals surface area contributed by atoms with Gasteiger partial charge in [-0.15, -0.1) is 0 Å². The van der Waals surface area contributed by atoms with Gasteiger partial charge in [0.15, 0.2) is 5.43 Å². The first-order valence-electron chi connectivity index (χ1n) is 8.13. The molecule has 0 saturated carbocycles. The van der Waals surface area contributed by atoms with Gasteiger partial charge in [-0.05, 0) is 17.7 Å². The van der Waals surface area contributed by atoms with Gasteiger partial charge in [-0.1, -0.05) is 62.1 Å². The van der Waals surface area contributed by atoms with Crippen LogP contribution in [0.25, 0.3) is 11.0 Å². The lowest BCUT2D eigenvalue weighted by Crippen LogP contribution is -2.49. The lowest BCUT2D eigenvalue weighted by atomic mass is 10.2. The molecule has 0 aliphatic rings. The molecule has 0 atom stereocenters. The van der Waals surface area contributed by atoms with Crippen molar-refractivity contribution in [1.29, 1.82) is 0 Å². The first-order chi connectivity index (χ1) is 11.5. The Morgan fingerprint density at radius 3 is 2.29 bits per heavy atom. The van der Waals surface area contributed by atoms with Gasteiger partial charge in [-0.25, -0.2) is 0 Å². The molecule has 3 aromatic rings. The Hall–Kier alpha value is -2.17. The summed E-state index contributed by atoms with van der Waals surface area (Å²) in [6.07, 6.45) is 0. The van der Waals surface area contributed by atoms with E-state index in [2.05, 4.69) is 19.6 Å². The second-order valence-corrected chi connectivity index (χ2v) is 12.0. The molecule has 0 amide bonds. The van der Waals surface area contributed by atoms with Crippen molar-refractivity contribution in [1.82, 2.24) is 0 Å². The van der Waals surface area contributed by atoms with Crippen molar-refractivity contribution in [2.75, 3.05) is 0 Å². The van der Waals surface area contributed by atoms with Crippen molar-refractivity contribution < 1.29 is 9.15 Å². The minimum Gasteiger partial charge on any atom is -0.458 e. The van der Waals surface area contributed by atoms with Crippen LogP contribution in [-0.4, -0.2) is 8.07 Å². The summed E-state index contributed by atoms with van der Waals surface area (Å²) in [5.74, 6) is 0.675. The van der Waals surface area contributed by atoms with Gasteiger partial charge in [-0.3, -0.25) is 4.79 Å². The maximum absolute atomic E-state index is 12.9. The summed E-state index contributed by atoms with van der Waals surface area (Å²) in [5, 5.41) is 1.48. The highest BCUT2D eigenvalue weighted by molar-refractivity contribution is 6.89. The van der Waals surface area contributed by atoms with Crippen LogP contribution in [-0.2, 0) is 18.0 Å². The normalized spacial score (nSPS) is 11.8. The fraction of sp³-hybridized carbons (Fsp3) is 0.250. The zero-order chi connectivity index (χ0) is 17.2. The Labute approximate surface area is 142 Å². The molecular formula is C20H22O3Si. The van der Waals surface area contributed by atoms with Gasteiger partial charge in [0.25, 0.3) is 0 Å². The van der Waals surface area contributed by atoms with Crippen LogP contribution in [0.5, 0.6) is 0 Å². The Balaban J connectivity index is 1.95. The van der Waals surface area contributed by atoms with Crippen LogP contribution in [0.2, 0.25) is 19.6 Å². The minimum absolute atomic E-state index is 0.0920. The smallest absolute Gasteiger partial charge is 0.192 e. The van der Waals surface area contributed by atoms with Gasteiger partial charge in [0.05, 0.1) is 20.1 Å². The number of para-hydroxylation sites is 1. The summed E-state index contributed by atoms with van der Waals surface area (Å²) < 4.78 is 11.9. The fourth-order valence-corrected chi connectivity index (χ4v) is 4.66. The van der Waals surface area contributed by atoms with Crippen molar-refractivity contribution in [2.45, 2.75) is 32.9 Å². The van der Waals surface area contributed by atoms with E-state index in [0.717, 1.165) is 10.8 Å². The SMILES string of the molecule is C[Si](C)(C)c1c(COCc2ccccc2)oc2ccccc2c1=O. The second kappa shape index (κ2) is 6.75. The van der Waals surface area contributed by atoms with E-state index < -0.39 is 8.07 Å². The van der Waals surface area contributed by atoms with Gasteiger partial charge in [0, 0.05) is 5.19 Å². The molecule has 0 spiro atoms. The first-order valence-corrected chi connectivity index (χ1v) is 11.6. The molecule has 0 aliphatic carbocycles. The van der Waals surface area contributed by atoms with E-state index in [1.165, 1.54) is 0 Å². The summed E-state index contributed by atoms with van der Waals surface area (Å²) in [6.45, 7) is 7.30. The monoisotopic (exact) mass is 338 g/mol. The number of hydrogen-bond donors (Lipinski definition) is 0. The highest BCUT2D eigenvalue weighted by Gasteiger charge is 2.27. The number of hydrogen-bond acceptors (Lipinski definition) is 3. The van der Waals surface area contributed by atoms with Gasteiger partial charge >= 0.3 is 0 Å². The third kappa shape index (κ3) is 3.50. The molecule has 0 radical (unpaired) electrons. The van der Waals surface area contributed by atoms with E-state index >= 15 is 0 Å². The zero-order valence-electron chi connectivity index (χ0n) is 14.3. The van der Waals surface area contributed by atoms with Crippen LogP contribution in [0, 0.1) is 0 Å². The summed E-state index contributed by atoms with van der Waals surface area (Å²) in [6, 6.07) is 17.4. The first kappa shape index (κ1) is 16.7. The molecule has 0 saturated heterocycles. The standard InChI is InChI=1S/C20H22O3Si/c1-24(2,3)20-18(14-22-13-15-9-5-4-6-10-15)23-17-12-8-7-11-16(17)19(20)21/h4-12H,13-14H2,1-3H3. The van der Waals surface area contributed by atoms with Crippen LogP contribution in [0.1, 0.15) is 11.3 Å². The summed E-state index contributed by atoms with van der Waals surface area (Å²) in [4.78, 5) is 12.9. The molecule has 1 aromatic heterocycles. The predicted molar refractivity (Wildman–Crippen MR) is 100 cm³/mol. The number of fused-ring (bicyclic) bond motifs is 1. The van der Waals surface area contributed by atoms with E-state index in [9.17, 15) is 4.79 Å². The molecular weight excluding hydrogens is 316 g/mol. The largest absolute Gasteiger partial charge is 0.458 e. The van der Waals surface area contributed by atoms with Crippen molar-refractivity contribution >= 4 is 24.2 Å². The second-order valence-electron chi connectivity index (χ2n) is 6.95. The quantitative estimate of drug-likeness (QED) is 0.659. The zero-order valence-corrected chi connectivity index (χ0v) is 15.3. The average molecular weight is 338 g/mol. The van der Waals surface area contributed by atoms with Crippen LogP contribution >= 0.6 is 0 Å². The van der Waals surface area contributed by atoms with Gasteiger partial charge in [0.1, 0.15) is 18.0 Å². The van der Waals surface area contributed by atoms with E-state index in [1.807, 2.05) is 54.6 Å². The Bertz CT molecular complexity index is 892. The van der Waals surface area contributed by atoms with E-state index in [0.29, 0.717) is 29.9 Å². The van der Waals surface area contributed by atoms with Gasteiger partial charge in [0.2, 0.25) is 0 Å². The van der Waals surface area contributed by atoms with Crippen molar-refractivity contribution in [2.24, 2.45) is 0 Å². The maximum atomic E-state index is 12.9. The van der Waals surface area contributed by atoms with E-state index in [1.54, 1.807) is 0 Å². The Kier molecular flexibility index (Phi) is 4.69. The molecule has 1 heterocycles. The maximum Gasteiger partial charge on any atom is 0.192 e. The average Bonchev–Trinajstić information content (AvgIpc) is 2.55. The van der Waals surface area contributed by atoms with E-state index in [4.69, 9.17) is 9.15 Å². The van der Waals surface area contributed by atoms with E-state index in [-0.39, 0.29) is 5.43 Å². The molecule has 0 fully saturated rings. The molecule has 3 nitrogen and oxygen atoms in total. The molecule has 124 valence electrons. The van der Waals surface area contributed by atoms with Gasteiger partial charge in [-0.2, -0.15) is 0 Å².